The molecule has 0 aliphatic carbocycles. The van der Waals surface area contributed by atoms with Crippen molar-refractivity contribution in [1.82, 2.24) is 15.0 Å². The maximum Gasteiger partial charge on any atom is 0.241 e. The SMILES string of the molecule is COc1cc(-c2noc(CN3CCCC3CC(C)O)n2)ccc1C. The van der Waals surface area contributed by atoms with Gasteiger partial charge in [0.25, 0.3) is 0 Å². The molecule has 1 aromatic heterocycles. The largest absolute Gasteiger partial charge is 0.496 e. The summed E-state index contributed by atoms with van der Waals surface area (Å²) in [6.45, 7) is 5.48. The zero-order chi connectivity index (χ0) is 17.1. The molecule has 1 fully saturated rings. The summed E-state index contributed by atoms with van der Waals surface area (Å²) in [5, 5.41) is 13.7. The highest BCUT2D eigenvalue weighted by atomic mass is 16.5. The maximum absolute atomic E-state index is 9.63. The monoisotopic (exact) mass is 331 g/mol. The summed E-state index contributed by atoms with van der Waals surface area (Å²) in [4.78, 5) is 6.84. The second-order valence-corrected chi connectivity index (χ2v) is 6.55. The van der Waals surface area contributed by atoms with Gasteiger partial charge in [0.05, 0.1) is 19.8 Å². The molecule has 24 heavy (non-hydrogen) atoms. The van der Waals surface area contributed by atoms with Gasteiger partial charge < -0.3 is 14.4 Å². The molecule has 2 unspecified atom stereocenters. The normalized spacial score (nSPS) is 19.6. The van der Waals surface area contributed by atoms with Crippen LogP contribution >= 0.6 is 0 Å². The number of ether oxygens (including phenoxy) is 1. The van der Waals surface area contributed by atoms with E-state index in [-0.39, 0.29) is 6.10 Å². The Bertz CT molecular complexity index is 684. The zero-order valence-electron chi connectivity index (χ0n) is 14.5. The quantitative estimate of drug-likeness (QED) is 0.877. The Hall–Kier alpha value is -1.92. The molecule has 6 nitrogen and oxygen atoms in total. The molecule has 1 aliphatic rings. The van der Waals surface area contributed by atoms with E-state index in [0.29, 0.717) is 24.3 Å². The maximum atomic E-state index is 9.63. The Morgan fingerprint density at radius 2 is 2.29 bits per heavy atom. The molecule has 3 rings (SSSR count). The van der Waals surface area contributed by atoms with Gasteiger partial charge in [-0.1, -0.05) is 17.3 Å². The van der Waals surface area contributed by atoms with E-state index in [9.17, 15) is 5.11 Å². The molecule has 0 bridgehead atoms. The topological polar surface area (TPSA) is 71.6 Å². The standard InChI is InChI=1S/C18H25N3O3/c1-12-6-7-14(10-16(12)23-3)18-19-17(24-20-18)11-21-8-4-5-15(21)9-13(2)22/h6-7,10,13,15,22H,4-5,8-9,11H2,1-3H3. The van der Waals surface area contributed by atoms with Crippen LogP contribution in [0.5, 0.6) is 5.75 Å². The summed E-state index contributed by atoms with van der Waals surface area (Å²) in [5.41, 5.74) is 1.96. The van der Waals surface area contributed by atoms with Crippen LogP contribution in [0.1, 0.15) is 37.6 Å². The van der Waals surface area contributed by atoms with Crippen LogP contribution in [0.25, 0.3) is 11.4 Å². The molecule has 1 aliphatic heterocycles. The van der Waals surface area contributed by atoms with Crippen LogP contribution in [-0.2, 0) is 6.54 Å². The van der Waals surface area contributed by atoms with Gasteiger partial charge in [-0.05, 0) is 51.3 Å². The van der Waals surface area contributed by atoms with E-state index in [1.807, 2.05) is 32.0 Å². The lowest BCUT2D eigenvalue weighted by atomic mass is 10.1. The van der Waals surface area contributed by atoms with Crippen LogP contribution in [0, 0.1) is 6.92 Å². The molecule has 2 aromatic rings. The van der Waals surface area contributed by atoms with Crippen molar-refractivity contribution in [3.8, 4) is 17.1 Å². The Kier molecular flexibility index (Phi) is 5.16. The highest BCUT2D eigenvalue weighted by molar-refractivity contribution is 5.58. The Morgan fingerprint density at radius 3 is 3.04 bits per heavy atom. The summed E-state index contributed by atoms with van der Waals surface area (Å²) >= 11 is 0. The Labute approximate surface area is 142 Å². The van der Waals surface area contributed by atoms with Crippen LogP contribution < -0.4 is 4.74 Å². The lowest BCUT2D eigenvalue weighted by Crippen LogP contribution is -2.31. The average Bonchev–Trinajstić information content (AvgIpc) is 3.18. The first-order chi connectivity index (χ1) is 11.6. The van der Waals surface area contributed by atoms with Crippen molar-refractivity contribution in [3.05, 3.63) is 29.7 Å². The number of likely N-dealkylation sites (tertiary alicyclic amines) is 1. The molecule has 1 saturated heterocycles. The molecule has 130 valence electrons. The summed E-state index contributed by atoms with van der Waals surface area (Å²) in [6.07, 6.45) is 2.76. The summed E-state index contributed by atoms with van der Waals surface area (Å²) in [6, 6.07) is 6.28. The number of hydrogen-bond donors (Lipinski definition) is 1. The van der Waals surface area contributed by atoms with Crippen molar-refractivity contribution in [2.45, 2.75) is 51.8 Å². The van der Waals surface area contributed by atoms with Gasteiger partial charge in [0.2, 0.25) is 11.7 Å². The molecular weight excluding hydrogens is 306 g/mol. The molecule has 0 spiro atoms. The predicted molar refractivity (Wildman–Crippen MR) is 90.8 cm³/mol. The van der Waals surface area contributed by atoms with Crippen LogP contribution in [0.2, 0.25) is 0 Å². The first-order valence-corrected chi connectivity index (χ1v) is 8.46. The van der Waals surface area contributed by atoms with Crippen molar-refractivity contribution < 1.29 is 14.4 Å². The Morgan fingerprint density at radius 1 is 1.46 bits per heavy atom. The zero-order valence-corrected chi connectivity index (χ0v) is 14.5. The third-order valence-electron chi connectivity index (χ3n) is 4.58. The highest BCUT2D eigenvalue weighted by Gasteiger charge is 2.27. The number of aromatic nitrogens is 2. The molecule has 0 radical (unpaired) electrons. The molecule has 0 amide bonds. The van der Waals surface area contributed by atoms with E-state index in [2.05, 4.69) is 15.0 Å². The average molecular weight is 331 g/mol. The minimum atomic E-state index is -0.283. The number of aryl methyl sites for hydroxylation is 1. The van der Waals surface area contributed by atoms with Gasteiger partial charge in [-0.3, -0.25) is 4.90 Å². The van der Waals surface area contributed by atoms with Gasteiger partial charge in [0.1, 0.15) is 5.75 Å². The lowest BCUT2D eigenvalue weighted by Gasteiger charge is -2.23. The summed E-state index contributed by atoms with van der Waals surface area (Å²) < 4.78 is 10.8. The summed E-state index contributed by atoms with van der Waals surface area (Å²) in [5.74, 6) is 2.01. The third-order valence-corrected chi connectivity index (χ3v) is 4.58. The first kappa shape index (κ1) is 16.9. The lowest BCUT2D eigenvalue weighted by molar-refractivity contribution is 0.124. The smallest absolute Gasteiger partial charge is 0.241 e. The highest BCUT2D eigenvalue weighted by Crippen LogP contribution is 2.26. The van der Waals surface area contributed by atoms with Gasteiger partial charge >= 0.3 is 0 Å². The fourth-order valence-corrected chi connectivity index (χ4v) is 3.33. The van der Waals surface area contributed by atoms with Crippen LogP contribution in [0.15, 0.2) is 22.7 Å². The molecule has 2 heterocycles. The number of hydrogen-bond acceptors (Lipinski definition) is 6. The number of rotatable bonds is 6. The van der Waals surface area contributed by atoms with E-state index in [1.54, 1.807) is 7.11 Å². The van der Waals surface area contributed by atoms with Crippen molar-refractivity contribution in [3.63, 3.8) is 0 Å². The molecule has 1 aromatic carbocycles. The molecule has 1 N–H and O–H groups in total. The predicted octanol–water partition coefficient (Wildman–Crippen LogP) is 2.79. The van der Waals surface area contributed by atoms with Crippen molar-refractivity contribution in [2.75, 3.05) is 13.7 Å². The molecule has 2 atom stereocenters. The van der Waals surface area contributed by atoms with E-state index in [0.717, 1.165) is 42.7 Å². The van der Waals surface area contributed by atoms with E-state index >= 15 is 0 Å². The number of methoxy groups -OCH3 is 1. The van der Waals surface area contributed by atoms with Gasteiger partial charge in [-0.2, -0.15) is 4.98 Å². The van der Waals surface area contributed by atoms with Gasteiger partial charge in [-0.25, -0.2) is 0 Å². The van der Waals surface area contributed by atoms with Gasteiger partial charge in [0.15, 0.2) is 0 Å². The number of aliphatic hydroxyl groups excluding tert-OH is 1. The third kappa shape index (κ3) is 3.76. The van der Waals surface area contributed by atoms with Crippen LogP contribution in [-0.4, -0.2) is 45.9 Å². The number of nitrogens with zero attached hydrogens (tertiary/aromatic N) is 3. The molecular formula is C18H25N3O3. The van der Waals surface area contributed by atoms with Crippen LogP contribution in [0.3, 0.4) is 0 Å². The van der Waals surface area contributed by atoms with Crippen molar-refractivity contribution in [2.24, 2.45) is 0 Å². The molecule has 0 saturated carbocycles. The minimum absolute atomic E-state index is 0.283. The van der Waals surface area contributed by atoms with Crippen LogP contribution in [0.4, 0.5) is 0 Å². The molecule has 6 heteroatoms. The Balaban J connectivity index is 1.71. The second-order valence-electron chi connectivity index (χ2n) is 6.55. The van der Waals surface area contributed by atoms with E-state index < -0.39 is 0 Å². The van der Waals surface area contributed by atoms with Gasteiger partial charge in [0, 0.05) is 11.6 Å². The summed E-state index contributed by atoms with van der Waals surface area (Å²) in [7, 11) is 1.66. The minimum Gasteiger partial charge on any atom is -0.496 e. The van der Waals surface area contributed by atoms with E-state index in [4.69, 9.17) is 9.26 Å². The van der Waals surface area contributed by atoms with Gasteiger partial charge in [-0.15, -0.1) is 0 Å². The number of benzene rings is 1. The number of aliphatic hydroxyl groups is 1. The fraction of sp³-hybridized carbons (Fsp3) is 0.556. The van der Waals surface area contributed by atoms with E-state index in [1.165, 1.54) is 0 Å². The first-order valence-electron chi connectivity index (χ1n) is 8.46. The fourth-order valence-electron chi connectivity index (χ4n) is 3.33. The van der Waals surface area contributed by atoms with Crippen molar-refractivity contribution >= 4 is 0 Å². The second kappa shape index (κ2) is 7.32. The van der Waals surface area contributed by atoms with Crippen molar-refractivity contribution in [1.29, 1.82) is 0 Å².